The van der Waals surface area contributed by atoms with Crippen LogP contribution < -0.4 is 19.5 Å². The molecule has 0 spiro atoms. The van der Waals surface area contributed by atoms with Gasteiger partial charge in [0.05, 0.1) is 21.3 Å². The van der Waals surface area contributed by atoms with E-state index in [4.69, 9.17) is 14.2 Å². The van der Waals surface area contributed by atoms with Crippen molar-refractivity contribution < 1.29 is 19.0 Å². The molecule has 0 aliphatic rings. The lowest BCUT2D eigenvalue weighted by Crippen LogP contribution is -2.25. The molecule has 2 aromatic carbocycles. The van der Waals surface area contributed by atoms with E-state index in [2.05, 4.69) is 16.4 Å². The van der Waals surface area contributed by atoms with Gasteiger partial charge in [0.1, 0.15) is 0 Å². The average Bonchev–Trinajstić information content (AvgIpc) is 3.09. The highest BCUT2D eigenvalue weighted by Gasteiger charge is 2.16. The molecule has 1 heterocycles. The minimum atomic E-state index is -0.191. The molecule has 0 fully saturated rings. The maximum atomic E-state index is 12.5. The quantitative estimate of drug-likeness (QED) is 0.684. The molecule has 1 amide bonds. The summed E-state index contributed by atoms with van der Waals surface area (Å²) >= 11 is 0. The third-order valence-corrected chi connectivity index (χ3v) is 4.28. The fourth-order valence-electron chi connectivity index (χ4n) is 2.96. The predicted octanol–water partition coefficient (Wildman–Crippen LogP) is 3.17. The highest BCUT2D eigenvalue weighted by atomic mass is 16.5. The lowest BCUT2D eigenvalue weighted by atomic mass is 10.1. The molecule has 0 saturated carbocycles. The van der Waals surface area contributed by atoms with Gasteiger partial charge in [-0.15, -0.1) is 0 Å². The molecule has 0 bridgehead atoms. The molecule has 136 valence electrons. The lowest BCUT2D eigenvalue weighted by Gasteiger charge is -2.14. The second kappa shape index (κ2) is 7.82. The van der Waals surface area contributed by atoms with Crippen LogP contribution in [0.2, 0.25) is 0 Å². The number of para-hydroxylation sites is 1. The molecule has 6 heteroatoms. The summed E-state index contributed by atoms with van der Waals surface area (Å²) in [5.41, 5.74) is 2.72. The first-order valence-corrected chi connectivity index (χ1v) is 8.31. The molecule has 3 aromatic rings. The van der Waals surface area contributed by atoms with Crippen molar-refractivity contribution >= 4 is 16.8 Å². The molecule has 1 aromatic heterocycles. The van der Waals surface area contributed by atoms with Crippen LogP contribution in [0.15, 0.2) is 42.6 Å². The smallest absolute Gasteiger partial charge is 0.251 e. The Bertz CT molecular complexity index is 892. The number of carbonyl (C=O) groups excluding carboxylic acids is 1. The maximum absolute atomic E-state index is 12.5. The van der Waals surface area contributed by atoms with E-state index < -0.39 is 0 Å². The third-order valence-electron chi connectivity index (χ3n) is 4.28. The normalized spacial score (nSPS) is 10.6. The molecule has 0 saturated heterocycles. The monoisotopic (exact) mass is 354 g/mol. The van der Waals surface area contributed by atoms with Crippen molar-refractivity contribution in [3.05, 3.63) is 53.7 Å². The number of methoxy groups -OCH3 is 3. The number of hydrogen-bond acceptors (Lipinski definition) is 4. The maximum Gasteiger partial charge on any atom is 0.251 e. The summed E-state index contributed by atoms with van der Waals surface area (Å²) in [5, 5.41) is 4.11. The third kappa shape index (κ3) is 3.44. The molecule has 0 aliphatic heterocycles. The van der Waals surface area contributed by atoms with Gasteiger partial charge >= 0.3 is 0 Å². The number of benzene rings is 2. The number of fused-ring (bicyclic) bond motifs is 1. The first kappa shape index (κ1) is 17.7. The number of rotatable bonds is 7. The minimum absolute atomic E-state index is 0.191. The number of ether oxygens (including phenoxy) is 3. The van der Waals surface area contributed by atoms with Gasteiger partial charge in [0, 0.05) is 29.2 Å². The Morgan fingerprint density at radius 3 is 2.38 bits per heavy atom. The van der Waals surface area contributed by atoms with E-state index in [0.29, 0.717) is 29.4 Å². The van der Waals surface area contributed by atoms with Crippen LogP contribution in [0.1, 0.15) is 15.9 Å². The van der Waals surface area contributed by atoms with Gasteiger partial charge in [-0.05, 0) is 30.2 Å². The van der Waals surface area contributed by atoms with Crippen LogP contribution in [0.25, 0.3) is 10.9 Å². The fourth-order valence-corrected chi connectivity index (χ4v) is 2.96. The summed E-state index contributed by atoms with van der Waals surface area (Å²) in [6.45, 7) is 0.525. The molecule has 0 radical (unpaired) electrons. The van der Waals surface area contributed by atoms with Crippen molar-refractivity contribution in [2.24, 2.45) is 0 Å². The molecule has 0 unspecified atom stereocenters. The Morgan fingerprint density at radius 1 is 1.04 bits per heavy atom. The summed E-state index contributed by atoms with van der Waals surface area (Å²) < 4.78 is 15.9. The number of H-pyrrole nitrogens is 1. The summed E-state index contributed by atoms with van der Waals surface area (Å²) in [6.07, 6.45) is 2.72. The van der Waals surface area contributed by atoms with E-state index in [9.17, 15) is 4.79 Å². The number of aromatic amines is 1. The Labute approximate surface area is 152 Å². The van der Waals surface area contributed by atoms with Crippen molar-refractivity contribution in [1.29, 1.82) is 0 Å². The lowest BCUT2D eigenvalue weighted by molar-refractivity contribution is 0.0953. The van der Waals surface area contributed by atoms with Crippen LogP contribution in [-0.2, 0) is 6.42 Å². The molecule has 0 atom stereocenters. The topological polar surface area (TPSA) is 72.6 Å². The second-order valence-corrected chi connectivity index (χ2v) is 5.78. The van der Waals surface area contributed by atoms with Crippen LogP contribution in [0, 0.1) is 0 Å². The van der Waals surface area contributed by atoms with Crippen molar-refractivity contribution in [2.45, 2.75) is 6.42 Å². The van der Waals surface area contributed by atoms with Crippen molar-refractivity contribution in [3.63, 3.8) is 0 Å². The van der Waals surface area contributed by atoms with Gasteiger partial charge in [-0.1, -0.05) is 18.2 Å². The zero-order valence-corrected chi connectivity index (χ0v) is 15.1. The Morgan fingerprint density at radius 2 is 1.73 bits per heavy atom. The van der Waals surface area contributed by atoms with Gasteiger partial charge in [0.2, 0.25) is 5.75 Å². The molecule has 26 heavy (non-hydrogen) atoms. The molecular formula is C20H22N2O4. The number of aromatic nitrogens is 1. The predicted molar refractivity (Wildman–Crippen MR) is 100 cm³/mol. The largest absolute Gasteiger partial charge is 0.493 e. The Hall–Kier alpha value is -3.15. The summed E-state index contributed by atoms with van der Waals surface area (Å²) in [5.74, 6) is 1.18. The number of carbonyl (C=O) groups is 1. The SMILES string of the molecule is COc1cc(C(=O)NCCc2c[nH]c3ccccc23)cc(OC)c1OC. The van der Waals surface area contributed by atoms with Gasteiger partial charge in [0.15, 0.2) is 11.5 Å². The Kier molecular flexibility index (Phi) is 5.31. The van der Waals surface area contributed by atoms with Crippen molar-refractivity contribution in [2.75, 3.05) is 27.9 Å². The zero-order chi connectivity index (χ0) is 18.5. The van der Waals surface area contributed by atoms with E-state index in [1.807, 2.05) is 24.4 Å². The van der Waals surface area contributed by atoms with Crippen LogP contribution in [0.3, 0.4) is 0 Å². The molecule has 0 aliphatic carbocycles. The van der Waals surface area contributed by atoms with E-state index >= 15 is 0 Å². The first-order chi connectivity index (χ1) is 12.7. The van der Waals surface area contributed by atoms with E-state index in [-0.39, 0.29) is 5.91 Å². The van der Waals surface area contributed by atoms with Crippen molar-refractivity contribution in [1.82, 2.24) is 10.3 Å². The molecule has 2 N–H and O–H groups in total. The molecule has 3 rings (SSSR count). The number of nitrogens with one attached hydrogen (secondary N) is 2. The molecular weight excluding hydrogens is 332 g/mol. The zero-order valence-electron chi connectivity index (χ0n) is 15.1. The molecule has 6 nitrogen and oxygen atoms in total. The van der Waals surface area contributed by atoms with Gasteiger partial charge in [-0.25, -0.2) is 0 Å². The van der Waals surface area contributed by atoms with E-state index in [1.54, 1.807) is 12.1 Å². The van der Waals surface area contributed by atoms with Gasteiger partial charge in [-0.3, -0.25) is 4.79 Å². The Balaban J connectivity index is 1.70. The van der Waals surface area contributed by atoms with Gasteiger partial charge in [0.25, 0.3) is 5.91 Å². The summed E-state index contributed by atoms with van der Waals surface area (Å²) in [6, 6.07) is 11.4. The second-order valence-electron chi connectivity index (χ2n) is 5.78. The van der Waals surface area contributed by atoms with Crippen LogP contribution in [0.4, 0.5) is 0 Å². The fraction of sp³-hybridized carbons (Fsp3) is 0.250. The average molecular weight is 354 g/mol. The van der Waals surface area contributed by atoms with E-state index in [0.717, 1.165) is 11.9 Å². The van der Waals surface area contributed by atoms with Crippen LogP contribution in [0.5, 0.6) is 17.2 Å². The highest BCUT2D eigenvalue weighted by molar-refractivity contribution is 5.95. The van der Waals surface area contributed by atoms with Crippen LogP contribution >= 0.6 is 0 Å². The van der Waals surface area contributed by atoms with Gasteiger partial charge in [-0.2, -0.15) is 0 Å². The van der Waals surface area contributed by atoms with Crippen LogP contribution in [-0.4, -0.2) is 38.8 Å². The number of amides is 1. The standard InChI is InChI=1S/C20H22N2O4/c1-24-17-10-14(11-18(25-2)19(17)26-3)20(23)21-9-8-13-12-22-16-7-5-4-6-15(13)16/h4-7,10-12,22H,8-9H2,1-3H3,(H,21,23). The van der Waals surface area contributed by atoms with Gasteiger partial charge < -0.3 is 24.5 Å². The minimum Gasteiger partial charge on any atom is -0.493 e. The first-order valence-electron chi connectivity index (χ1n) is 8.31. The summed E-state index contributed by atoms with van der Waals surface area (Å²) in [4.78, 5) is 15.7. The van der Waals surface area contributed by atoms with Crippen molar-refractivity contribution in [3.8, 4) is 17.2 Å². The summed E-state index contributed by atoms with van der Waals surface area (Å²) in [7, 11) is 4.58. The van der Waals surface area contributed by atoms with E-state index in [1.165, 1.54) is 32.3 Å². The number of hydrogen-bond donors (Lipinski definition) is 2. The highest BCUT2D eigenvalue weighted by Crippen LogP contribution is 2.38.